The first kappa shape index (κ1) is 15.6. The van der Waals surface area contributed by atoms with Crippen molar-refractivity contribution in [2.75, 3.05) is 11.9 Å². The molecule has 2 aromatic carbocycles. The minimum atomic E-state index is -0.295. The Labute approximate surface area is 143 Å². The number of carbonyl (C=O) groups is 1. The van der Waals surface area contributed by atoms with Crippen molar-refractivity contribution in [2.45, 2.75) is 0 Å². The van der Waals surface area contributed by atoms with E-state index in [-0.39, 0.29) is 11.6 Å². The molecule has 0 atom stereocenters. The maximum atomic E-state index is 12.7. The van der Waals surface area contributed by atoms with Crippen LogP contribution in [0.4, 0.5) is 5.69 Å². The highest BCUT2D eigenvalue weighted by molar-refractivity contribution is 6.33. The molecule has 0 N–H and O–H groups in total. The quantitative estimate of drug-likeness (QED) is 0.675. The van der Waals surface area contributed by atoms with E-state index in [1.807, 2.05) is 12.1 Å². The van der Waals surface area contributed by atoms with E-state index in [1.165, 1.54) is 11.3 Å². The van der Waals surface area contributed by atoms with Crippen LogP contribution < -0.4 is 4.90 Å². The number of halogens is 2. The number of hydrogen-bond acceptors (Lipinski definition) is 3. The number of carbonyl (C=O) groups excluding carboxylic acids is 1. The molecule has 0 fully saturated rings. The van der Waals surface area contributed by atoms with Gasteiger partial charge in [0.15, 0.2) is 17.8 Å². The molecular formula is C17H12Cl2N2O2. The van der Waals surface area contributed by atoms with Gasteiger partial charge in [-0.2, -0.15) is 0 Å². The summed E-state index contributed by atoms with van der Waals surface area (Å²) in [6, 6.07) is 14.1. The molecule has 6 heteroatoms. The third kappa shape index (κ3) is 3.09. The Morgan fingerprint density at radius 3 is 2.48 bits per heavy atom. The topological polar surface area (TPSA) is 46.3 Å². The van der Waals surface area contributed by atoms with Gasteiger partial charge in [-0.15, -0.1) is 0 Å². The van der Waals surface area contributed by atoms with E-state index in [0.717, 1.165) is 0 Å². The Bertz CT molecular complexity index is 844. The first-order chi connectivity index (χ1) is 11.1. The van der Waals surface area contributed by atoms with Crippen LogP contribution in [0, 0.1) is 0 Å². The van der Waals surface area contributed by atoms with E-state index < -0.39 is 0 Å². The summed E-state index contributed by atoms with van der Waals surface area (Å²) in [6.45, 7) is 0. The van der Waals surface area contributed by atoms with Crippen LogP contribution in [0.1, 0.15) is 10.5 Å². The maximum Gasteiger partial charge on any atom is 0.280 e. The van der Waals surface area contributed by atoms with Crippen LogP contribution in [0.2, 0.25) is 10.0 Å². The Kier molecular flexibility index (Phi) is 4.37. The molecule has 1 aromatic heterocycles. The van der Waals surface area contributed by atoms with Crippen LogP contribution in [0.5, 0.6) is 0 Å². The molecule has 0 saturated carbocycles. The van der Waals surface area contributed by atoms with Gasteiger partial charge in [0.2, 0.25) is 0 Å². The minimum absolute atomic E-state index is 0.204. The highest BCUT2D eigenvalue weighted by Crippen LogP contribution is 2.31. The molecule has 23 heavy (non-hydrogen) atoms. The molecule has 0 aliphatic heterocycles. The van der Waals surface area contributed by atoms with Gasteiger partial charge < -0.3 is 9.32 Å². The Morgan fingerprint density at radius 2 is 1.78 bits per heavy atom. The van der Waals surface area contributed by atoms with E-state index in [4.69, 9.17) is 27.6 Å². The summed E-state index contributed by atoms with van der Waals surface area (Å²) in [7, 11) is 1.66. The molecule has 0 spiro atoms. The van der Waals surface area contributed by atoms with Crippen LogP contribution in [-0.4, -0.2) is 17.9 Å². The zero-order valence-corrected chi connectivity index (χ0v) is 13.7. The highest BCUT2D eigenvalue weighted by Gasteiger charge is 2.23. The molecular weight excluding hydrogens is 335 g/mol. The monoisotopic (exact) mass is 346 g/mol. The third-order valence-electron chi connectivity index (χ3n) is 3.41. The van der Waals surface area contributed by atoms with Crippen molar-refractivity contribution < 1.29 is 9.21 Å². The zero-order chi connectivity index (χ0) is 16.4. The third-order valence-corrected chi connectivity index (χ3v) is 3.99. The fourth-order valence-corrected chi connectivity index (χ4v) is 2.52. The van der Waals surface area contributed by atoms with E-state index in [2.05, 4.69) is 4.98 Å². The minimum Gasteiger partial charge on any atom is -0.443 e. The number of benzene rings is 2. The molecule has 3 aromatic rings. The molecule has 0 saturated heterocycles. The van der Waals surface area contributed by atoms with Crippen molar-refractivity contribution >= 4 is 34.8 Å². The largest absolute Gasteiger partial charge is 0.443 e. The molecule has 0 radical (unpaired) electrons. The zero-order valence-electron chi connectivity index (χ0n) is 12.2. The number of aromatic nitrogens is 1. The molecule has 4 nitrogen and oxygen atoms in total. The number of anilines is 1. The van der Waals surface area contributed by atoms with Crippen molar-refractivity contribution in [2.24, 2.45) is 0 Å². The van der Waals surface area contributed by atoms with E-state index >= 15 is 0 Å². The summed E-state index contributed by atoms with van der Waals surface area (Å²) in [5.41, 5.74) is 1.53. The van der Waals surface area contributed by atoms with Crippen molar-refractivity contribution in [3.63, 3.8) is 0 Å². The van der Waals surface area contributed by atoms with Crippen molar-refractivity contribution in [1.82, 2.24) is 4.98 Å². The summed E-state index contributed by atoms with van der Waals surface area (Å²) in [5.74, 6) is 0.0532. The highest BCUT2D eigenvalue weighted by atomic mass is 35.5. The fourth-order valence-electron chi connectivity index (χ4n) is 2.18. The Hall–Kier alpha value is -2.30. The van der Waals surface area contributed by atoms with Gasteiger partial charge in [0.1, 0.15) is 0 Å². The molecule has 0 aliphatic carbocycles. The molecule has 116 valence electrons. The lowest BCUT2D eigenvalue weighted by Crippen LogP contribution is -2.26. The average molecular weight is 347 g/mol. The molecule has 0 bridgehead atoms. The van der Waals surface area contributed by atoms with Gasteiger partial charge in [0.25, 0.3) is 5.91 Å². The van der Waals surface area contributed by atoms with Crippen LogP contribution >= 0.6 is 23.2 Å². The number of hydrogen-bond donors (Lipinski definition) is 0. The second-order valence-corrected chi connectivity index (χ2v) is 5.69. The number of rotatable bonds is 3. The lowest BCUT2D eigenvalue weighted by molar-refractivity contribution is 0.0989. The lowest BCUT2D eigenvalue weighted by atomic mass is 10.1. The number of oxazole rings is 1. The summed E-state index contributed by atoms with van der Waals surface area (Å²) < 4.78 is 5.39. The van der Waals surface area contributed by atoms with Gasteiger partial charge in [0, 0.05) is 23.3 Å². The molecule has 0 aliphatic rings. The van der Waals surface area contributed by atoms with Crippen molar-refractivity contribution in [3.05, 3.63) is 70.7 Å². The Morgan fingerprint density at radius 1 is 1.09 bits per heavy atom. The van der Waals surface area contributed by atoms with Crippen LogP contribution in [0.15, 0.2) is 59.3 Å². The predicted octanol–water partition coefficient (Wildman–Crippen LogP) is 4.93. The lowest BCUT2D eigenvalue weighted by Gasteiger charge is -2.16. The molecule has 0 unspecified atom stereocenters. The van der Waals surface area contributed by atoms with Gasteiger partial charge in [-0.1, -0.05) is 35.3 Å². The van der Waals surface area contributed by atoms with Gasteiger partial charge in [-0.25, -0.2) is 4.98 Å². The summed E-state index contributed by atoms with van der Waals surface area (Å²) >= 11 is 12.1. The van der Waals surface area contributed by atoms with Crippen molar-refractivity contribution in [3.8, 4) is 11.3 Å². The number of amides is 1. The van der Waals surface area contributed by atoms with Gasteiger partial charge >= 0.3 is 0 Å². The second kappa shape index (κ2) is 6.44. The van der Waals surface area contributed by atoms with Crippen LogP contribution in [0.25, 0.3) is 11.3 Å². The first-order valence-electron chi connectivity index (χ1n) is 6.80. The van der Waals surface area contributed by atoms with Gasteiger partial charge in [-0.3, -0.25) is 4.79 Å². The fraction of sp³-hybridized carbons (Fsp3) is 0.0588. The maximum absolute atomic E-state index is 12.7. The first-order valence-corrected chi connectivity index (χ1v) is 7.55. The molecule has 1 amide bonds. The van der Waals surface area contributed by atoms with E-state index in [1.54, 1.807) is 43.4 Å². The summed E-state index contributed by atoms with van der Waals surface area (Å²) in [6.07, 6.45) is 1.24. The second-order valence-electron chi connectivity index (χ2n) is 4.85. The van der Waals surface area contributed by atoms with Crippen LogP contribution in [-0.2, 0) is 0 Å². The summed E-state index contributed by atoms with van der Waals surface area (Å²) in [5, 5.41) is 1.10. The van der Waals surface area contributed by atoms with E-state index in [9.17, 15) is 4.79 Å². The van der Waals surface area contributed by atoms with Crippen molar-refractivity contribution in [1.29, 1.82) is 0 Å². The summed E-state index contributed by atoms with van der Waals surface area (Å²) in [4.78, 5) is 18.3. The van der Waals surface area contributed by atoms with E-state index in [0.29, 0.717) is 27.1 Å². The number of nitrogens with zero attached hydrogens (tertiary/aromatic N) is 2. The van der Waals surface area contributed by atoms with Gasteiger partial charge in [-0.05, 0) is 36.4 Å². The normalized spacial score (nSPS) is 10.6. The molecule has 3 rings (SSSR count). The predicted molar refractivity (Wildman–Crippen MR) is 91.1 cm³/mol. The smallest absolute Gasteiger partial charge is 0.280 e. The molecule has 1 heterocycles. The van der Waals surface area contributed by atoms with Crippen LogP contribution in [0.3, 0.4) is 0 Å². The SMILES string of the molecule is CN(C(=O)c1ncoc1-c1ccccc1Cl)c1ccc(Cl)cc1. The standard InChI is InChI=1S/C17H12Cl2N2O2/c1-21(12-8-6-11(18)7-9-12)17(22)15-16(23-10-20-15)13-4-2-3-5-14(13)19/h2-10H,1H3. The Balaban J connectivity index is 1.97. The average Bonchev–Trinajstić information content (AvgIpc) is 3.04. The van der Waals surface area contributed by atoms with Gasteiger partial charge in [0.05, 0.1) is 5.02 Å².